The maximum absolute atomic E-state index is 5.59. The Balaban J connectivity index is 1.84. The minimum absolute atomic E-state index is 0.558. The molecule has 0 N–H and O–H groups in total. The minimum Gasteiger partial charge on any atom is -0.440 e. The van der Waals surface area contributed by atoms with Crippen molar-refractivity contribution >= 4 is 28.4 Å². The van der Waals surface area contributed by atoms with Crippen LogP contribution in [0.2, 0.25) is 0 Å². The van der Waals surface area contributed by atoms with Gasteiger partial charge >= 0.3 is 0 Å². The van der Waals surface area contributed by atoms with Crippen molar-refractivity contribution in [1.29, 1.82) is 0 Å². The number of ether oxygens (including phenoxy) is 1. The van der Waals surface area contributed by atoms with Crippen molar-refractivity contribution in [2.45, 2.75) is 12.7 Å². The average molecular weight is 274 g/mol. The normalized spacial score (nSPS) is 10.1. The highest BCUT2D eigenvalue weighted by Crippen LogP contribution is 2.18. The first-order chi connectivity index (χ1) is 8.74. The lowest BCUT2D eigenvalue weighted by molar-refractivity contribution is 0.579. The molecule has 1 nitrogen and oxygen atoms in total. The summed E-state index contributed by atoms with van der Waals surface area (Å²) in [6.07, 6.45) is 0. The highest BCUT2D eigenvalue weighted by molar-refractivity contribution is 8.22. The molecule has 0 unspecified atom stereocenters. The Morgan fingerprint density at radius 1 is 1.06 bits per heavy atom. The van der Waals surface area contributed by atoms with Crippen molar-refractivity contribution in [1.82, 2.24) is 0 Å². The molecule has 0 saturated carbocycles. The van der Waals surface area contributed by atoms with E-state index in [1.165, 1.54) is 22.9 Å². The van der Waals surface area contributed by atoms with Gasteiger partial charge in [0.1, 0.15) is 5.75 Å². The molecule has 0 atom stereocenters. The van der Waals surface area contributed by atoms with Crippen LogP contribution in [-0.4, -0.2) is 4.38 Å². The maximum atomic E-state index is 5.59. The summed E-state index contributed by atoms with van der Waals surface area (Å²) in [6.45, 7) is 2.05. The number of hydrogen-bond donors (Lipinski definition) is 0. The first-order valence-electron chi connectivity index (χ1n) is 5.69. The fraction of sp³-hybridized carbons (Fsp3) is 0.133. The first kappa shape index (κ1) is 13.1. The molecule has 0 bridgehead atoms. The van der Waals surface area contributed by atoms with E-state index in [1.54, 1.807) is 0 Å². The summed E-state index contributed by atoms with van der Waals surface area (Å²) in [4.78, 5) is 0. The highest BCUT2D eigenvalue weighted by Gasteiger charge is 2.02. The Kier molecular flexibility index (Phi) is 4.79. The molecule has 2 rings (SSSR count). The van der Waals surface area contributed by atoms with Crippen molar-refractivity contribution in [2.24, 2.45) is 0 Å². The van der Waals surface area contributed by atoms with Crippen LogP contribution in [-0.2, 0) is 5.75 Å². The Labute approximate surface area is 117 Å². The lowest BCUT2D eigenvalue weighted by atomic mass is 10.2. The third-order valence-corrected chi connectivity index (χ3v) is 3.66. The lowest BCUT2D eigenvalue weighted by Gasteiger charge is -2.06. The van der Waals surface area contributed by atoms with E-state index in [0.29, 0.717) is 4.38 Å². The van der Waals surface area contributed by atoms with Crippen LogP contribution in [0.4, 0.5) is 0 Å². The van der Waals surface area contributed by atoms with Crippen LogP contribution in [0.15, 0.2) is 54.6 Å². The van der Waals surface area contributed by atoms with Gasteiger partial charge in [-0.15, -0.1) is 0 Å². The molecule has 0 aliphatic heterocycles. The highest BCUT2D eigenvalue weighted by atomic mass is 32.2. The molecule has 2 aromatic rings. The van der Waals surface area contributed by atoms with Crippen LogP contribution in [0, 0.1) is 6.92 Å². The molecule has 0 aliphatic rings. The van der Waals surface area contributed by atoms with Gasteiger partial charge in [0, 0.05) is 5.75 Å². The van der Waals surface area contributed by atoms with E-state index in [0.717, 1.165) is 11.5 Å². The molecule has 0 aliphatic carbocycles. The summed E-state index contributed by atoms with van der Waals surface area (Å²) >= 11 is 6.75. The molecule has 0 fully saturated rings. The van der Waals surface area contributed by atoms with Gasteiger partial charge in [-0.2, -0.15) is 0 Å². The Bertz CT molecular complexity index is 506. The molecule has 0 amide bonds. The molecule has 92 valence electrons. The lowest BCUT2D eigenvalue weighted by Crippen LogP contribution is -2.00. The zero-order valence-corrected chi connectivity index (χ0v) is 11.8. The fourth-order valence-corrected chi connectivity index (χ4v) is 2.35. The fourth-order valence-electron chi connectivity index (χ4n) is 1.45. The van der Waals surface area contributed by atoms with Crippen LogP contribution in [0.3, 0.4) is 0 Å². The monoisotopic (exact) mass is 274 g/mol. The third-order valence-electron chi connectivity index (χ3n) is 2.42. The zero-order chi connectivity index (χ0) is 12.8. The van der Waals surface area contributed by atoms with Crippen LogP contribution in [0.5, 0.6) is 5.75 Å². The molecule has 0 aromatic heterocycles. The van der Waals surface area contributed by atoms with Gasteiger partial charge < -0.3 is 4.74 Å². The van der Waals surface area contributed by atoms with Gasteiger partial charge in [0.2, 0.25) is 4.38 Å². The van der Waals surface area contributed by atoms with Crippen LogP contribution < -0.4 is 4.74 Å². The number of aryl methyl sites for hydroxylation is 1. The maximum Gasteiger partial charge on any atom is 0.226 e. The SMILES string of the molecule is Cc1ccc(OC(=S)SCc2ccccc2)cc1. The second-order valence-corrected chi connectivity index (χ2v) is 5.52. The zero-order valence-electron chi connectivity index (χ0n) is 10.1. The number of hydrogen-bond acceptors (Lipinski definition) is 3. The molecule has 0 heterocycles. The minimum atomic E-state index is 0.558. The van der Waals surface area contributed by atoms with Crippen LogP contribution in [0.25, 0.3) is 0 Å². The Morgan fingerprint density at radius 2 is 1.72 bits per heavy atom. The van der Waals surface area contributed by atoms with Gasteiger partial charge in [-0.05, 0) is 36.8 Å². The predicted molar refractivity (Wildman–Crippen MR) is 82.1 cm³/mol. The molecule has 0 spiro atoms. The molecule has 0 saturated heterocycles. The summed E-state index contributed by atoms with van der Waals surface area (Å²) in [5, 5.41) is 0. The van der Waals surface area contributed by atoms with Gasteiger partial charge in [0.05, 0.1) is 0 Å². The van der Waals surface area contributed by atoms with Crippen LogP contribution in [0.1, 0.15) is 11.1 Å². The van der Waals surface area contributed by atoms with Gasteiger partial charge in [-0.3, -0.25) is 0 Å². The van der Waals surface area contributed by atoms with Gasteiger partial charge in [-0.25, -0.2) is 0 Å². The second-order valence-electron chi connectivity index (χ2n) is 3.94. The standard InChI is InChI=1S/C15H14OS2/c1-12-7-9-14(10-8-12)16-15(17)18-11-13-5-3-2-4-6-13/h2-10H,11H2,1H3. The number of thiocarbonyl (C=S) groups is 1. The van der Waals surface area contributed by atoms with E-state index in [-0.39, 0.29) is 0 Å². The quantitative estimate of drug-likeness (QED) is 0.757. The number of rotatable bonds is 3. The number of thioether (sulfide) groups is 1. The van der Waals surface area contributed by atoms with E-state index < -0.39 is 0 Å². The van der Waals surface area contributed by atoms with Crippen molar-refractivity contribution in [3.63, 3.8) is 0 Å². The van der Waals surface area contributed by atoms with E-state index in [1.807, 2.05) is 49.4 Å². The molecule has 0 radical (unpaired) electrons. The van der Waals surface area contributed by atoms with Crippen LogP contribution >= 0.6 is 24.0 Å². The summed E-state index contributed by atoms with van der Waals surface area (Å²) < 4.78 is 6.14. The summed E-state index contributed by atoms with van der Waals surface area (Å²) in [5.74, 6) is 1.64. The largest absolute Gasteiger partial charge is 0.440 e. The molecule has 3 heteroatoms. The van der Waals surface area contributed by atoms with Crippen molar-refractivity contribution in [3.05, 3.63) is 65.7 Å². The van der Waals surface area contributed by atoms with Gasteiger partial charge in [-0.1, -0.05) is 59.8 Å². The Hall–Kier alpha value is -1.32. The third kappa shape index (κ3) is 4.17. The molecule has 18 heavy (non-hydrogen) atoms. The van der Waals surface area contributed by atoms with Gasteiger partial charge in [0.15, 0.2) is 0 Å². The van der Waals surface area contributed by atoms with E-state index in [4.69, 9.17) is 17.0 Å². The predicted octanol–water partition coefficient (Wildman–Crippen LogP) is 4.59. The molecule has 2 aromatic carbocycles. The summed E-state index contributed by atoms with van der Waals surface area (Å²) in [5.41, 5.74) is 2.46. The van der Waals surface area contributed by atoms with E-state index in [9.17, 15) is 0 Å². The van der Waals surface area contributed by atoms with Crippen molar-refractivity contribution < 1.29 is 4.74 Å². The average Bonchev–Trinajstić information content (AvgIpc) is 2.40. The molecular formula is C15H14OS2. The molecular weight excluding hydrogens is 260 g/mol. The smallest absolute Gasteiger partial charge is 0.226 e. The van der Waals surface area contributed by atoms with Crippen molar-refractivity contribution in [2.75, 3.05) is 0 Å². The van der Waals surface area contributed by atoms with E-state index in [2.05, 4.69) is 12.1 Å². The topological polar surface area (TPSA) is 9.23 Å². The number of benzene rings is 2. The summed E-state index contributed by atoms with van der Waals surface area (Å²) in [6, 6.07) is 18.1. The first-order valence-corrected chi connectivity index (χ1v) is 7.08. The summed E-state index contributed by atoms with van der Waals surface area (Å²) in [7, 11) is 0. The Morgan fingerprint density at radius 3 is 2.39 bits per heavy atom. The second kappa shape index (κ2) is 6.57. The van der Waals surface area contributed by atoms with E-state index >= 15 is 0 Å². The van der Waals surface area contributed by atoms with Gasteiger partial charge in [0.25, 0.3) is 0 Å². The van der Waals surface area contributed by atoms with Crippen molar-refractivity contribution in [3.8, 4) is 5.75 Å².